The van der Waals surface area contributed by atoms with Crippen molar-refractivity contribution in [3.63, 3.8) is 0 Å². The van der Waals surface area contributed by atoms with Crippen LogP contribution in [0.4, 0.5) is 0 Å². The van der Waals surface area contributed by atoms with Crippen LogP contribution in [-0.2, 0) is 6.54 Å². The monoisotopic (exact) mass is 241 g/mol. The quantitative estimate of drug-likeness (QED) is 0.873. The zero-order chi connectivity index (χ0) is 12.2. The summed E-state index contributed by atoms with van der Waals surface area (Å²) in [7, 11) is 0. The lowest BCUT2D eigenvalue weighted by atomic mass is 10.3. The Hall–Kier alpha value is -1.94. The minimum absolute atomic E-state index is 0.386. The van der Waals surface area contributed by atoms with Gasteiger partial charge in [0.05, 0.1) is 0 Å². The van der Waals surface area contributed by atoms with Crippen molar-refractivity contribution in [2.45, 2.75) is 25.4 Å². The highest BCUT2D eigenvalue weighted by Crippen LogP contribution is 2.19. The minimum atomic E-state index is 0.386. The molecule has 3 rings (SSSR count). The molecule has 1 saturated carbocycles. The van der Waals surface area contributed by atoms with Gasteiger partial charge in [-0.2, -0.15) is 0 Å². The van der Waals surface area contributed by atoms with Gasteiger partial charge in [-0.15, -0.1) is 0 Å². The Bertz CT molecular complexity index is 494. The molecule has 0 atom stereocenters. The van der Waals surface area contributed by atoms with Crippen LogP contribution in [0, 0.1) is 0 Å². The molecule has 0 unspecified atom stereocenters. The van der Waals surface area contributed by atoms with E-state index in [1.54, 1.807) is 12.4 Å². The zero-order valence-corrected chi connectivity index (χ0v) is 10.0. The number of hydrogen-bond donors (Lipinski definition) is 1. The van der Waals surface area contributed by atoms with Gasteiger partial charge in [-0.1, -0.05) is 18.2 Å². The molecule has 0 radical (unpaired) electrons. The zero-order valence-electron chi connectivity index (χ0n) is 10.0. The maximum absolute atomic E-state index is 5.53. The van der Waals surface area contributed by atoms with Crippen molar-refractivity contribution >= 4 is 0 Å². The first-order valence-electron chi connectivity index (χ1n) is 6.17. The van der Waals surface area contributed by atoms with Gasteiger partial charge >= 0.3 is 6.01 Å². The molecular formula is C14H15N3O. The Morgan fingerprint density at radius 3 is 2.50 bits per heavy atom. The van der Waals surface area contributed by atoms with E-state index in [0.29, 0.717) is 12.1 Å². The molecule has 1 aliphatic carbocycles. The van der Waals surface area contributed by atoms with Gasteiger partial charge in [-0.05, 0) is 25.0 Å². The average Bonchev–Trinajstić information content (AvgIpc) is 3.23. The molecule has 1 heterocycles. The lowest BCUT2D eigenvalue weighted by molar-refractivity contribution is 0.440. The highest BCUT2D eigenvalue weighted by Gasteiger charge is 2.19. The first-order valence-corrected chi connectivity index (χ1v) is 6.17. The number of benzene rings is 1. The lowest BCUT2D eigenvalue weighted by Gasteiger charge is -2.05. The van der Waals surface area contributed by atoms with Crippen molar-refractivity contribution in [2.24, 2.45) is 0 Å². The fourth-order valence-corrected chi connectivity index (χ4v) is 1.63. The van der Waals surface area contributed by atoms with E-state index in [9.17, 15) is 0 Å². The van der Waals surface area contributed by atoms with Crippen LogP contribution in [0.5, 0.6) is 11.8 Å². The number of nitrogens with one attached hydrogen (secondary N) is 1. The highest BCUT2D eigenvalue weighted by molar-refractivity contribution is 5.24. The molecule has 2 aromatic rings. The van der Waals surface area contributed by atoms with Crippen LogP contribution in [0.15, 0.2) is 42.7 Å². The van der Waals surface area contributed by atoms with Gasteiger partial charge in [0.25, 0.3) is 0 Å². The van der Waals surface area contributed by atoms with Crippen LogP contribution in [0.2, 0.25) is 0 Å². The van der Waals surface area contributed by atoms with Gasteiger partial charge in [0.2, 0.25) is 0 Å². The summed E-state index contributed by atoms with van der Waals surface area (Å²) in [6, 6.07) is 10.6. The number of para-hydroxylation sites is 1. The Morgan fingerprint density at radius 2 is 1.83 bits per heavy atom. The Labute approximate surface area is 106 Å². The van der Waals surface area contributed by atoms with Crippen LogP contribution < -0.4 is 10.1 Å². The van der Waals surface area contributed by atoms with Gasteiger partial charge in [-0.3, -0.25) is 0 Å². The maximum Gasteiger partial charge on any atom is 0.321 e. The van der Waals surface area contributed by atoms with Gasteiger partial charge in [0.15, 0.2) is 0 Å². The second-order valence-electron chi connectivity index (χ2n) is 4.44. The third-order valence-electron chi connectivity index (χ3n) is 2.81. The van der Waals surface area contributed by atoms with Gasteiger partial charge in [0.1, 0.15) is 5.75 Å². The van der Waals surface area contributed by atoms with Crippen molar-refractivity contribution in [3.8, 4) is 11.8 Å². The van der Waals surface area contributed by atoms with Crippen LogP contribution in [-0.4, -0.2) is 16.0 Å². The molecule has 1 aromatic carbocycles. The third kappa shape index (κ3) is 3.05. The average molecular weight is 241 g/mol. The molecule has 0 bridgehead atoms. The first-order chi connectivity index (χ1) is 8.90. The minimum Gasteiger partial charge on any atom is -0.424 e. The summed E-state index contributed by atoms with van der Waals surface area (Å²) in [5, 5.41) is 3.42. The van der Waals surface area contributed by atoms with Crippen molar-refractivity contribution in [1.82, 2.24) is 15.3 Å². The second kappa shape index (κ2) is 5.14. The Balaban J connectivity index is 1.59. The van der Waals surface area contributed by atoms with E-state index in [1.165, 1.54) is 12.8 Å². The lowest BCUT2D eigenvalue weighted by Crippen LogP contribution is -2.15. The molecule has 1 aromatic heterocycles. The summed E-state index contributed by atoms with van der Waals surface area (Å²) >= 11 is 0. The highest BCUT2D eigenvalue weighted by atomic mass is 16.5. The molecule has 0 amide bonds. The molecular weight excluding hydrogens is 226 g/mol. The largest absolute Gasteiger partial charge is 0.424 e. The fraction of sp³-hybridized carbons (Fsp3) is 0.286. The topological polar surface area (TPSA) is 47.0 Å². The summed E-state index contributed by atoms with van der Waals surface area (Å²) in [5.41, 5.74) is 1.09. The summed E-state index contributed by atoms with van der Waals surface area (Å²) in [4.78, 5) is 8.40. The summed E-state index contributed by atoms with van der Waals surface area (Å²) < 4.78 is 5.53. The van der Waals surface area contributed by atoms with E-state index < -0.39 is 0 Å². The normalized spacial score (nSPS) is 14.4. The third-order valence-corrected chi connectivity index (χ3v) is 2.81. The van der Waals surface area contributed by atoms with Gasteiger partial charge in [0, 0.05) is 30.5 Å². The summed E-state index contributed by atoms with van der Waals surface area (Å²) in [6.45, 7) is 0.830. The number of hydrogen-bond acceptors (Lipinski definition) is 4. The molecule has 4 heteroatoms. The van der Waals surface area contributed by atoms with E-state index in [1.807, 2.05) is 30.3 Å². The number of nitrogens with zero attached hydrogens (tertiary/aromatic N) is 2. The SMILES string of the molecule is c1ccc(Oc2ncc(CNC3CC3)cn2)cc1. The van der Waals surface area contributed by atoms with Crippen LogP contribution >= 0.6 is 0 Å². The van der Waals surface area contributed by atoms with Crippen molar-refractivity contribution in [2.75, 3.05) is 0 Å². The van der Waals surface area contributed by atoms with Crippen molar-refractivity contribution in [3.05, 3.63) is 48.3 Å². The van der Waals surface area contributed by atoms with Gasteiger partial charge < -0.3 is 10.1 Å². The molecule has 0 saturated heterocycles. The van der Waals surface area contributed by atoms with Crippen LogP contribution in [0.3, 0.4) is 0 Å². The van der Waals surface area contributed by atoms with Crippen molar-refractivity contribution in [1.29, 1.82) is 0 Å². The molecule has 0 spiro atoms. The molecule has 1 aliphatic rings. The van der Waals surface area contributed by atoms with Crippen LogP contribution in [0.1, 0.15) is 18.4 Å². The first kappa shape index (κ1) is 11.2. The maximum atomic E-state index is 5.53. The molecule has 4 nitrogen and oxygen atoms in total. The second-order valence-corrected chi connectivity index (χ2v) is 4.44. The van der Waals surface area contributed by atoms with E-state index in [4.69, 9.17) is 4.74 Å². The van der Waals surface area contributed by atoms with E-state index in [0.717, 1.165) is 17.9 Å². The Morgan fingerprint density at radius 1 is 1.11 bits per heavy atom. The standard InChI is InChI=1S/C14H15N3O/c1-2-4-13(5-3-1)18-14-16-9-11(10-17-14)8-15-12-6-7-12/h1-5,9-10,12,15H,6-8H2. The number of aromatic nitrogens is 2. The smallest absolute Gasteiger partial charge is 0.321 e. The molecule has 1 N–H and O–H groups in total. The molecule has 18 heavy (non-hydrogen) atoms. The number of rotatable bonds is 5. The summed E-state index contributed by atoms with van der Waals surface area (Å²) in [6.07, 6.45) is 6.19. The summed E-state index contributed by atoms with van der Waals surface area (Å²) in [5.74, 6) is 0.751. The fourth-order valence-electron chi connectivity index (χ4n) is 1.63. The molecule has 92 valence electrons. The predicted molar refractivity (Wildman–Crippen MR) is 68.4 cm³/mol. The Kier molecular flexibility index (Phi) is 3.19. The van der Waals surface area contributed by atoms with E-state index in [-0.39, 0.29) is 0 Å². The van der Waals surface area contributed by atoms with E-state index >= 15 is 0 Å². The molecule has 0 aliphatic heterocycles. The van der Waals surface area contributed by atoms with E-state index in [2.05, 4.69) is 15.3 Å². The van der Waals surface area contributed by atoms with Crippen molar-refractivity contribution < 1.29 is 4.74 Å². The van der Waals surface area contributed by atoms with Crippen LogP contribution in [0.25, 0.3) is 0 Å². The molecule has 1 fully saturated rings. The number of ether oxygens (including phenoxy) is 1. The predicted octanol–water partition coefficient (Wildman–Crippen LogP) is 2.52. The van der Waals surface area contributed by atoms with Gasteiger partial charge in [-0.25, -0.2) is 9.97 Å².